The van der Waals surface area contributed by atoms with Crippen LogP contribution in [0.3, 0.4) is 0 Å². The zero-order valence-electron chi connectivity index (χ0n) is 34.8. The summed E-state index contributed by atoms with van der Waals surface area (Å²) in [4.78, 5) is 51.7. The molecule has 1 aliphatic heterocycles. The quantitative estimate of drug-likeness (QED) is 0.100. The number of amides is 3. The second kappa shape index (κ2) is 19.4. The molecule has 1 aliphatic rings. The minimum absolute atomic E-state index is 0.178. The second-order valence-corrected chi connectivity index (χ2v) is 17.0. The van der Waals surface area contributed by atoms with E-state index < -0.39 is 23.1 Å². The van der Waals surface area contributed by atoms with Gasteiger partial charge >= 0.3 is 0 Å². The molecule has 0 bridgehead atoms. The van der Waals surface area contributed by atoms with Crippen LogP contribution in [0.25, 0.3) is 17.3 Å². The maximum Gasteiger partial charge on any atom is 0.291 e. The van der Waals surface area contributed by atoms with Crippen LogP contribution in [0.5, 0.6) is 0 Å². The number of nitrogens with zero attached hydrogens (tertiary/aromatic N) is 5. The number of unbranched alkanes of at least 4 members (excludes halogenated alkanes) is 2. The largest absolute Gasteiger partial charge is 0.348 e. The molecule has 2 aromatic carbocycles. The van der Waals surface area contributed by atoms with Crippen molar-refractivity contribution in [3.8, 4) is 17.3 Å². The van der Waals surface area contributed by atoms with Gasteiger partial charge in [-0.3, -0.25) is 14.4 Å². The molecule has 9 heteroatoms. The van der Waals surface area contributed by atoms with Crippen LogP contribution in [0.4, 0.5) is 10.8 Å². The van der Waals surface area contributed by atoms with E-state index in [2.05, 4.69) is 64.6 Å². The third-order valence-electron chi connectivity index (χ3n) is 10.7. The first kappa shape index (κ1) is 43.2. The number of anilines is 2. The summed E-state index contributed by atoms with van der Waals surface area (Å²) >= 11 is 1.55. The average Bonchev–Trinajstić information content (AvgIpc) is 3.57. The van der Waals surface area contributed by atoms with Crippen molar-refractivity contribution in [1.82, 2.24) is 9.99 Å². The predicted octanol–water partition coefficient (Wildman–Crippen LogP) is 11.3. The monoisotopic (exact) mass is 763 g/mol. The molecular formula is C46H61N5O3S. The average molecular weight is 764 g/mol. The molecule has 0 saturated carbocycles. The van der Waals surface area contributed by atoms with Crippen LogP contribution in [0, 0.1) is 42.4 Å². The van der Waals surface area contributed by atoms with E-state index in [9.17, 15) is 19.6 Å². The van der Waals surface area contributed by atoms with E-state index >= 15 is 0 Å². The Morgan fingerprint density at radius 2 is 1.44 bits per heavy atom. The maximum absolute atomic E-state index is 14.8. The van der Waals surface area contributed by atoms with Crippen molar-refractivity contribution in [3.63, 3.8) is 0 Å². The van der Waals surface area contributed by atoms with Gasteiger partial charge in [-0.1, -0.05) is 135 Å². The number of thiazole rings is 1. The molecule has 0 aliphatic carbocycles. The number of hydrogen-bond acceptors (Lipinski definition) is 7. The number of para-hydroxylation sites is 1. The lowest BCUT2D eigenvalue weighted by Crippen LogP contribution is -2.58. The second-order valence-electron chi connectivity index (χ2n) is 16.0. The predicted molar refractivity (Wildman–Crippen MR) is 227 cm³/mol. The van der Waals surface area contributed by atoms with Gasteiger partial charge in [-0.25, -0.2) is 9.99 Å². The van der Waals surface area contributed by atoms with E-state index in [-0.39, 0.29) is 16.7 Å². The minimum Gasteiger partial charge on any atom is -0.348 e. The highest BCUT2D eigenvalue weighted by Gasteiger charge is 2.44. The SMILES string of the molecule is CCCCC(CC)CN(CC(CC)CCCC)c1nc(-c2c(C)cccc2C)c(/C=C2\C(=O)N(N(C(=O)C(C)(C)C)c3ccccc3)C(=O)C(C#N)=C2C)s1. The Hall–Kier alpha value is -4.55. The zero-order chi connectivity index (χ0) is 40.4. The number of benzene rings is 2. The Bertz CT molecular complexity index is 1890. The van der Waals surface area contributed by atoms with E-state index in [0.717, 1.165) is 94.0 Å². The lowest BCUT2D eigenvalue weighted by Gasteiger charge is -2.39. The van der Waals surface area contributed by atoms with Crippen LogP contribution >= 0.6 is 11.3 Å². The first-order valence-electron chi connectivity index (χ1n) is 20.2. The van der Waals surface area contributed by atoms with Crippen molar-refractivity contribution >= 4 is 46.0 Å². The van der Waals surface area contributed by atoms with Crippen molar-refractivity contribution in [1.29, 1.82) is 5.26 Å². The van der Waals surface area contributed by atoms with E-state index in [4.69, 9.17) is 4.98 Å². The first-order chi connectivity index (χ1) is 26.2. The maximum atomic E-state index is 14.8. The number of carbonyl (C=O) groups excluding carboxylic acids is 3. The summed E-state index contributed by atoms with van der Waals surface area (Å²) in [6, 6.07) is 16.9. The summed E-state index contributed by atoms with van der Waals surface area (Å²) < 4.78 is 0. The lowest BCUT2D eigenvalue weighted by atomic mass is 9.93. The van der Waals surface area contributed by atoms with Gasteiger partial charge in [0.15, 0.2) is 5.13 Å². The van der Waals surface area contributed by atoms with Crippen LogP contribution in [-0.2, 0) is 14.4 Å². The van der Waals surface area contributed by atoms with Crippen molar-refractivity contribution in [2.45, 2.75) is 121 Å². The fraction of sp³-hybridized carbons (Fsp3) is 0.500. The van der Waals surface area contributed by atoms with Crippen molar-refractivity contribution < 1.29 is 14.4 Å². The van der Waals surface area contributed by atoms with Gasteiger partial charge in [-0.15, -0.1) is 0 Å². The Balaban J connectivity index is 1.99. The Morgan fingerprint density at radius 3 is 1.93 bits per heavy atom. The Morgan fingerprint density at radius 1 is 0.873 bits per heavy atom. The molecule has 2 heterocycles. The fourth-order valence-electron chi connectivity index (χ4n) is 7.20. The minimum atomic E-state index is -0.949. The van der Waals surface area contributed by atoms with E-state index in [0.29, 0.717) is 17.5 Å². The molecule has 4 rings (SSSR count). The number of aromatic nitrogens is 1. The summed E-state index contributed by atoms with van der Waals surface area (Å²) in [7, 11) is 0. The lowest BCUT2D eigenvalue weighted by molar-refractivity contribution is -0.147. The van der Waals surface area contributed by atoms with Gasteiger partial charge in [0.05, 0.1) is 16.3 Å². The topological polar surface area (TPSA) is 97.6 Å². The Labute approximate surface area is 333 Å². The first-order valence-corrected chi connectivity index (χ1v) is 21.0. The standard InChI is InChI=1S/C46H61N5O3S/c1-11-15-23-34(13-3)29-49(30-35(14-4)24-16-12-2)45-48-41(40-31(5)21-20-22-32(40)6)39(55-45)27-37-33(7)38(28-47)43(53)51(42(37)52)50(44(54)46(8,9)10)36-25-18-17-19-26-36/h17-22,25-27,34-35H,11-16,23-24,29-30H2,1-10H3/b37-27-. The summed E-state index contributed by atoms with van der Waals surface area (Å²) in [5.74, 6) is -0.912. The van der Waals surface area contributed by atoms with E-state index in [1.54, 1.807) is 75.4 Å². The molecule has 0 saturated heterocycles. The van der Waals surface area contributed by atoms with Crippen LogP contribution in [-0.4, -0.2) is 40.8 Å². The Kier molecular flexibility index (Phi) is 15.2. The van der Waals surface area contributed by atoms with Gasteiger partial charge in [0, 0.05) is 29.6 Å². The smallest absolute Gasteiger partial charge is 0.291 e. The molecule has 294 valence electrons. The molecular weight excluding hydrogens is 703 g/mol. The molecule has 8 nitrogen and oxygen atoms in total. The number of carbonyl (C=O) groups is 3. The molecule has 0 spiro atoms. The van der Waals surface area contributed by atoms with Gasteiger partial charge in [0.2, 0.25) is 0 Å². The summed E-state index contributed by atoms with van der Waals surface area (Å²) in [5.41, 5.74) is 3.58. The zero-order valence-corrected chi connectivity index (χ0v) is 35.6. The highest BCUT2D eigenvalue weighted by atomic mass is 32.1. The molecule has 3 aromatic rings. The highest BCUT2D eigenvalue weighted by molar-refractivity contribution is 7.17. The number of aryl methyl sites for hydroxylation is 2. The van der Waals surface area contributed by atoms with Crippen molar-refractivity contribution in [3.05, 3.63) is 81.3 Å². The van der Waals surface area contributed by atoms with Crippen LogP contribution < -0.4 is 9.91 Å². The van der Waals surface area contributed by atoms with E-state index in [1.165, 1.54) is 12.8 Å². The van der Waals surface area contributed by atoms with Gasteiger partial charge < -0.3 is 4.90 Å². The fourth-order valence-corrected chi connectivity index (χ4v) is 8.23. The van der Waals surface area contributed by atoms with Crippen molar-refractivity contribution in [2.24, 2.45) is 17.3 Å². The summed E-state index contributed by atoms with van der Waals surface area (Å²) in [5, 5.41) is 13.3. The number of nitriles is 1. The van der Waals surface area contributed by atoms with Crippen LogP contribution in [0.15, 0.2) is 65.3 Å². The van der Waals surface area contributed by atoms with Gasteiger partial charge in [-0.05, 0) is 80.4 Å². The molecule has 55 heavy (non-hydrogen) atoms. The number of hydrogen-bond donors (Lipinski definition) is 0. The molecule has 3 amide bonds. The molecule has 2 unspecified atom stereocenters. The number of hydrazine groups is 1. The third kappa shape index (κ3) is 10.0. The molecule has 0 fully saturated rings. The van der Waals surface area contributed by atoms with Crippen LogP contribution in [0.2, 0.25) is 0 Å². The number of imide groups is 1. The van der Waals surface area contributed by atoms with E-state index in [1.807, 2.05) is 6.07 Å². The number of rotatable bonds is 17. The molecule has 0 radical (unpaired) electrons. The molecule has 2 atom stereocenters. The van der Waals surface area contributed by atoms with Gasteiger partial charge in [0.25, 0.3) is 17.7 Å². The van der Waals surface area contributed by atoms with Crippen molar-refractivity contribution in [2.75, 3.05) is 23.0 Å². The summed E-state index contributed by atoms with van der Waals surface area (Å²) in [6.07, 6.45) is 11.0. The molecule has 0 N–H and O–H groups in total. The third-order valence-corrected chi connectivity index (χ3v) is 11.8. The highest BCUT2D eigenvalue weighted by Crippen LogP contribution is 2.41. The van der Waals surface area contributed by atoms with Gasteiger partial charge in [0.1, 0.15) is 11.6 Å². The normalized spacial score (nSPS) is 15.4. The molecule has 1 aromatic heterocycles. The van der Waals surface area contributed by atoms with Gasteiger partial charge in [-0.2, -0.15) is 10.3 Å². The van der Waals surface area contributed by atoms with Crippen LogP contribution in [0.1, 0.15) is 123 Å². The summed E-state index contributed by atoms with van der Waals surface area (Å²) in [6.45, 7) is 21.9.